The van der Waals surface area contributed by atoms with Crippen LogP contribution in [0.4, 0.5) is 17.5 Å². The standard InChI is InChI=1S/C27H27N5O/c1-19-7-11-24(12-8-19)29-25-17-20(2)28-27(30-25)32-15-13-31(14-16-32)26(33)23-10-9-21-5-3-4-6-22(21)18-23/h3-12,17-18H,13-16H2,1-2H3,(H,28,29,30). The third kappa shape index (κ3) is 4.65. The summed E-state index contributed by atoms with van der Waals surface area (Å²) in [5.41, 5.74) is 3.86. The van der Waals surface area contributed by atoms with Crippen molar-refractivity contribution in [2.45, 2.75) is 13.8 Å². The van der Waals surface area contributed by atoms with Gasteiger partial charge in [0.1, 0.15) is 5.82 Å². The highest BCUT2D eigenvalue weighted by atomic mass is 16.2. The van der Waals surface area contributed by atoms with E-state index in [2.05, 4.69) is 40.3 Å². The summed E-state index contributed by atoms with van der Waals surface area (Å²) in [6.07, 6.45) is 0. The lowest BCUT2D eigenvalue weighted by atomic mass is 10.1. The van der Waals surface area contributed by atoms with E-state index in [1.54, 1.807) is 0 Å². The zero-order valence-corrected chi connectivity index (χ0v) is 19.0. The predicted molar refractivity (Wildman–Crippen MR) is 133 cm³/mol. The van der Waals surface area contributed by atoms with Gasteiger partial charge in [0.05, 0.1) is 0 Å². The molecule has 0 aliphatic carbocycles. The van der Waals surface area contributed by atoms with Gasteiger partial charge in [-0.05, 0) is 48.9 Å². The molecular weight excluding hydrogens is 410 g/mol. The molecule has 1 amide bonds. The van der Waals surface area contributed by atoms with Crippen LogP contribution in [0.1, 0.15) is 21.6 Å². The molecule has 5 rings (SSSR count). The lowest BCUT2D eigenvalue weighted by Crippen LogP contribution is -2.49. The smallest absolute Gasteiger partial charge is 0.253 e. The second-order valence-corrected chi connectivity index (χ2v) is 8.53. The largest absolute Gasteiger partial charge is 0.340 e. The van der Waals surface area contributed by atoms with Crippen LogP contribution in [0.25, 0.3) is 10.8 Å². The Morgan fingerprint density at radius 1 is 0.818 bits per heavy atom. The molecule has 0 spiro atoms. The summed E-state index contributed by atoms with van der Waals surface area (Å²) in [6, 6.07) is 24.2. The number of carbonyl (C=O) groups excluding carboxylic acids is 1. The van der Waals surface area contributed by atoms with Crippen molar-refractivity contribution in [3.8, 4) is 0 Å². The Labute approximate surface area is 193 Å². The molecule has 0 radical (unpaired) electrons. The molecule has 0 saturated carbocycles. The number of anilines is 3. The molecule has 1 saturated heterocycles. The quantitative estimate of drug-likeness (QED) is 0.489. The molecule has 166 valence electrons. The molecule has 1 fully saturated rings. The maximum absolute atomic E-state index is 13.1. The van der Waals surface area contributed by atoms with E-state index in [0.29, 0.717) is 32.1 Å². The van der Waals surface area contributed by atoms with Crippen molar-refractivity contribution >= 4 is 34.1 Å². The van der Waals surface area contributed by atoms with Crippen molar-refractivity contribution in [3.63, 3.8) is 0 Å². The molecule has 3 aromatic carbocycles. The predicted octanol–water partition coefficient (Wildman–Crippen LogP) is 4.95. The van der Waals surface area contributed by atoms with Gasteiger partial charge in [-0.3, -0.25) is 4.79 Å². The highest BCUT2D eigenvalue weighted by Gasteiger charge is 2.24. The van der Waals surface area contributed by atoms with Crippen molar-refractivity contribution < 1.29 is 4.79 Å². The van der Waals surface area contributed by atoms with Crippen LogP contribution in [0.5, 0.6) is 0 Å². The van der Waals surface area contributed by atoms with E-state index in [1.165, 1.54) is 5.56 Å². The SMILES string of the molecule is Cc1ccc(Nc2cc(C)nc(N3CCN(C(=O)c4ccc5ccccc5c4)CC3)n2)cc1. The van der Waals surface area contributed by atoms with E-state index in [0.717, 1.165) is 33.5 Å². The summed E-state index contributed by atoms with van der Waals surface area (Å²) in [6.45, 7) is 6.74. The fourth-order valence-electron chi connectivity index (χ4n) is 4.16. The topological polar surface area (TPSA) is 61.4 Å². The summed E-state index contributed by atoms with van der Waals surface area (Å²) in [4.78, 5) is 26.5. The summed E-state index contributed by atoms with van der Waals surface area (Å²) in [7, 11) is 0. The van der Waals surface area contributed by atoms with Crippen molar-refractivity contribution in [2.24, 2.45) is 0 Å². The Hall–Kier alpha value is -3.93. The van der Waals surface area contributed by atoms with E-state index < -0.39 is 0 Å². The normalized spacial score (nSPS) is 13.9. The van der Waals surface area contributed by atoms with Crippen LogP contribution in [-0.2, 0) is 0 Å². The van der Waals surface area contributed by atoms with Crippen LogP contribution in [0.2, 0.25) is 0 Å². The zero-order chi connectivity index (χ0) is 22.8. The maximum Gasteiger partial charge on any atom is 0.253 e. The average Bonchev–Trinajstić information content (AvgIpc) is 2.84. The molecule has 1 N–H and O–H groups in total. The zero-order valence-electron chi connectivity index (χ0n) is 19.0. The number of benzene rings is 3. The summed E-state index contributed by atoms with van der Waals surface area (Å²) in [5, 5.41) is 5.60. The first-order valence-electron chi connectivity index (χ1n) is 11.3. The number of amides is 1. The van der Waals surface area contributed by atoms with Crippen LogP contribution in [0.15, 0.2) is 72.8 Å². The van der Waals surface area contributed by atoms with E-state index in [4.69, 9.17) is 4.98 Å². The Kier molecular flexibility index (Phi) is 5.65. The fourth-order valence-corrected chi connectivity index (χ4v) is 4.16. The highest BCUT2D eigenvalue weighted by Crippen LogP contribution is 2.21. The summed E-state index contributed by atoms with van der Waals surface area (Å²) >= 11 is 0. The molecule has 6 heteroatoms. The first-order valence-corrected chi connectivity index (χ1v) is 11.3. The number of carbonyl (C=O) groups is 1. The van der Waals surface area contributed by atoms with E-state index in [-0.39, 0.29) is 5.91 Å². The Morgan fingerprint density at radius 2 is 1.55 bits per heavy atom. The number of hydrogen-bond donors (Lipinski definition) is 1. The number of nitrogens with zero attached hydrogens (tertiary/aromatic N) is 4. The average molecular weight is 438 g/mol. The fraction of sp³-hybridized carbons (Fsp3) is 0.222. The minimum Gasteiger partial charge on any atom is -0.340 e. The van der Waals surface area contributed by atoms with E-state index >= 15 is 0 Å². The number of aromatic nitrogens is 2. The third-order valence-electron chi connectivity index (χ3n) is 6.01. The van der Waals surface area contributed by atoms with Crippen molar-refractivity contribution in [3.05, 3.63) is 89.6 Å². The number of rotatable bonds is 4. The second-order valence-electron chi connectivity index (χ2n) is 8.53. The van der Waals surface area contributed by atoms with Crippen LogP contribution >= 0.6 is 0 Å². The summed E-state index contributed by atoms with van der Waals surface area (Å²) < 4.78 is 0. The van der Waals surface area contributed by atoms with Gasteiger partial charge in [0, 0.05) is 49.2 Å². The van der Waals surface area contributed by atoms with Gasteiger partial charge in [-0.15, -0.1) is 0 Å². The Morgan fingerprint density at radius 3 is 2.30 bits per heavy atom. The molecule has 0 bridgehead atoms. The third-order valence-corrected chi connectivity index (χ3v) is 6.01. The number of nitrogens with one attached hydrogen (secondary N) is 1. The Bertz CT molecular complexity index is 1290. The number of hydrogen-bond acceptors (Lipinski definition) is 5. The molecule has 1 aromatic heterocycles. The Balaban J connectivity index is 1.27. The first kappa shape index (κ1) is 20.9. The minimum absolute atomic E-state index is 0.0762. The van der Waals surface area contributed by atoms with E-state index in [9.17, 15) is 4.79 Å². The van der Waals surface area contributed by atoms with Crippen LogP contribution in [0, 0.1) is 13.8 Å². The van der Waals surface area contributed by atoms with Gasteiger partial charge in [0.15, 0.2) is 0 Å². The molecule has 0 unspecified atom stereocenters. The van der Waals surface area contributed by atoms with E-state index in [1.807, 2.05) is 66.4 Å². The monoisotopic (exact) mass is 437 g/mol. The minimum atomic E-state index is 0.0762. The van der Waals surface area contributed by atoms with Crippen molar-refractivity contribution in [1.82, 2.24) is 14.9 Å². The van der Waals surface area contributed by atoms with Gasteiger partial charge in [0.25, 0.3) is 5.91 Å². The molecule has 2 heterocycles. The number of aryl methyl sites for hydroxylation is 2. The lowest BCUT2D eigenvalue weighted by Gasteiger charge is -2.35. The van der Waals surface area contributed by atoms with Crippen LogP contribution in [-0.4, -0.2) is 47.0 Å². The number of fused-ring (bicyclic) bond motifs is 1. The van der Waals surface area contributed by atoms with Crippen molar-refractivity contribution in [1.29, 1.82) is 0 Å². The van der Waals surface area contributed by atoms with Gasteiger partial charge in [-0.1, -0.05) is 48.0 Å². The van der Waals surface area contributed by atoms with Crippen LogP contribution in [0.3, 0.4) is 0 Å². The molecule has 33 heavy (non-hydrogen) atoms. The molecule has 1 aliphatic heterocycles. The highest BCUT2D eigenvalue weighted by molar-refractivity contribution is 5.98. The second kappa shape index (κ2) is 8.90. The molecule has 0 atom stereocenters. The van der Waals surface area contributed by atoms with Gasteiger partial charge in [-0.2, -0.15) is 4.98 Å². The van der Waals surface area contributed by atoms with Gasteiger partial charge in [0.2, 0.25) is 5.95 Å². The molecule has 6 nitrogen and oxygen atoms in total. The van der Waals surface area contributed by atoms with Gasteiger partial charge < -0.3 is 15.1 Å². The van der Waals surface area contributed by atoms with Gasteiger partial charge in [-0.25, -0.2) is 4.98 Å². The van der Waals surface area contributed by atoms with Crippen molar-refractivity contribution in [2.75, 3.05) is 36.4 Å². The first-order chi connectivity index (χ1) is 16.0. The number of piperazine rings is 1. The molecule has 1 aliphatic rings. The van der Waals surface area contributed by atoms with Crippen LogP contribution < -0.4 is 10.2 Å². The summed E-state index contributed by atoms with van der Waals surface area (Å²) in [5.74, 6) is 1.55. The molecule has 4 aromatic rings. The maximum atomic E-state index is 13.1. The van der Waals surface area contributed by atoms with Gasteiger partial charge >= 0.3 is 0 Å². The molecular formula is C27H27N5O. The lowest BCUT2D eigenvalue weighted by molar-refractivity contribution is 0.0746.